The van der Waals surface area contributed by atoms with Gasteiger partial charge in [0.2, 0.25) is 6.10 Å². The van der Waals surface area contributed by atoms with E-state index >= 15 is 0 Å². The largest absolute Gasteiger partial charge is 0.478 e. The molecule has 1 unspecified atom stereocenters. The second kappa shape index (κ2) is 7.83. The van der Waals surface area contributed by atoms with Crippen LogP contribution < -0.4 is 10.1 Å². The molecule has 134 valence electrons. The summed E-state index contributed by atoms with van der Waals surface area (Å²) in [5.41, 5.74) is 0.356. The second-order valence-electron chi connectivity index (χ2n) is 5.88. The van der Waals surface area contributed by atoms with Crippen molar-refractivity contribution in [1.82, 2.24) is 5.32 Å². The van der Waals surface area contributed by atoms with Crippen LogP contribution in [0.1, 0.15) is 41.6 Å². The van der Waals surface area contributed by atoms with Crippen LogP contribution >= 0.6 is 0 Å². The maximum Gasteiger partial charge on any atom is 0.346 e. The zero-order valence-electron chi connectivity index (χ0n) is 14.2. The molecule has 0 saturated heterocycles. The lowest BCUT2D eigenvalue weighted by Gasteiger charge is -2.15. The van der Waals surface area contributed by atoms with Crippen molar-refractivity contribution in [2.24, 2.45) is 0 Å². The van der Waals surface area contributed by atoms with Crippen LogP contribution in [-0.2, 0) is 4.79 Å². The molecule has 1 atom stereocenters. The summed E-state index contributed by atoms with van der Waals surface area (Å²) in [7, 11) is 0. The standard InChI is InChI=1S/C18H20FNO5/c1-10(2)15-8-14(11(3)24-15)17(21)20-9-16(18(22)23)25-13-6-4-12(19)5-7-13/h4-8,10,16H,9H2,1-3H3,(H,20,21)(H,22,23). The third kappa shape index (κ3) is 4.82. The predicted molar refractivity (Wildman–Crippen MR) is 88.3 cm³/mol. The Bertz CT molecular complexity index is 751. The number of carbonyl (C=O) groups is 2. The number of carboxylic acids is 1. The highest BCUT2D eigenvalue weighted by molar-refractivity contribution is 5.95. The minimum atomic E-state index is -1.30. The summed E-state index contributed by atoms with van der Waals surface area (Å²) in [6.45, 7) is 5.31. The quantitative estimate of drug-likeness (QED) is 0.802. The molecule has 0 radical (unpaired) electrons. The summed E-state index contributed by atoms with van der Waals surface area (Å²) in [5.74, 6) is -0.659. The molecule has 1 amide bonds. The molecular formula is C18H20FNO5. The van der Waals surface area contributed by atoms with E-state index in [1.165, 1.54) is 12.1 Å². The number of hydrogen-bond acceptors (Lipinski definition) is 4. The summed E-state index contributed by atoms with van der Waals surface area (Å²) in [6.07, 6.45) is -1.30. The Labute approximate surface area is 144 Å². The minimum Gasteiger partial charge on any atom is -0.478 e. The number of amides is 1. The molecule has 0 spiro atoms. The van der Waals surface area contributed by atoms with Gasteiger partial charge in [0.1, 0.15) is 23.1 Å². The number of aliphatic carboxylic acids is 1. The van der Waals surface area contributed by atoms with Crippen molar-refractivity contribution in [2.45, 2.75) is 32.8 Å². The fourth-order valence-electron chi connectivity index (χ4n) is 2.15. The van der Waals surface area contributed by atoms with Gasteiger partial charge in [0.15, 0.2) is 0 Å². The Morgan fingerprint density at radius 3 is 2.44 bits per heavy atom. The van der Waals surface area contributed by atoms with Crippen LogP contribution in [0.4, 0.5) is 4.39 Å². The Morgan fingerprint density at radius 1 is 1.28 bits per heavy atom. The van der Waals surface area contributed by atoms with Crippen LogP contribution in [0.15, 0.2) is 34.7 Å². The molecule has 1 aromatic carbocycles. The SMILES string of the molecule is Cc1oc(C(C)C)cc1C(=O)NCC(Oc1ccc(F)cc1)C(=O)O. The number of carbonyl (C=O) groups excluding carboxylic acids is 1. The lowest BCUT2D eigenvalue weighted by molar-refractivity contribution is -0.144. The van der Waals surface area contributed by atoms with Gasteiger partial charge >= 0.3 is 5.97 Å². The fourth-order valence-corrected chi connectivity index (χ4v) is 2.15. The van der Waals surface area contributed by atoms with Crippen molar-refractivity contribution in [3.05, 3.63) is 53.2 Å². The zero-order valence-corrected chi connectivity index (χ0v) is 14.2. The van der Waals surface area contributed by atoms with Gasteiger partial charge in [0.25, 0.3) is 5.91 Å². The molecule has 0 saturated carbocycles. The smallest absolute Gasteiger partial charge is 0.346 e. The van der Waals surface area contributed by atoms with E-state index < -0.39 is 23.8 Å². The predicted octanol–water partition coefficient (Wildman–Crippen LogP) is 3.11. The normalized spacial score (nSPS) is 12.0. The van der Waals surface area contributed by atoms with Crippen LogP contribution in [0.3, 0.4) is 0 Å². The van der Waals surface area contributed by atoms with E-state index in [0.29, 0.717) is 17.1 Å². The molecule has 2 N–H and O–H groups in total. The van der Waals surface area contributed by atoms with Crippen molar-refractivity contribution >= 4 is 11.9 Å². The minimum absolute atomic E-state index is 0.133. The second-order valence-corrected chi connectivity index (χ2v) is 5.88. The monoisotopic (exact) mass is 349 g/mol. The van der Waals surface area contributed by atoms with E-state index in [1.807, 2.05) is 13.8 Å². The van der Waals surface area contributed by atoms with Gasteiger partial charge in [0.05, 0.1) is 12.1 Å². The molecule has 0 bridgehead atoms. The van der Waals surface area contributed by atoms with Crippen molar-refractivity contribution < 1.29 is 28.2 Å². The summed E-state index contributed by atoms with van der Waals surface area (Å²) >= 11 is 0. The van der Waals surface area contributed by atoms with Crippen molar-refractivity contribution in [3.63, 3.8) is 0 Å². The molecule has 2 rings (SSSR count). The zero-order chi connectivity index (χ0) is 18.6. The molecule has 6 nitrogen and oxygen atoms in total. The molecule has 0 fully saturated rings. The number of aryl methyl sites for hydroxylation is 1. The number of nitrogens with one attached hydrogen (secondary N) is 1. The van der Waals surface area contributed by atoms with Crippen LogP contribution in [0.5, 0.6) is 5.75 Å². The lowest BCUT2D eigenvalue weighted by atomic mass is 10.1. The van der Waals surface area contributed by atoms with Crippen molar-refractivity contribution in [1.29, 1.82) is 0 Å². The van der Waals surface area contributed by atoms with Gasteiger partial charge in [0, 0.05) is 5.92 Å². The molecule has 7 heteroatoms. The highest BCUT2D eigenvalue weighted by Crippen LogP contribution is 2.21. The Kier molecular flexibility index (Phi) is 5.80. The fraction of sp³-hybridized carbons (Fsp3) is 0.333. The summed E-state index contributed by atoms with van der Waals surface area (Å²) in [6, 6.07) is 6.61. The van der Waals surface area contributed by atoms with Crippen LogP contribution in [-0.4, -0.2) is 29.6 Å². The molecule has 25 heavy (non-hydrogen) atoms. The first kappa shape index (κ1) is 18.5. The number of halogens is 1. The molecule has 0 aliphatic carbocycles. The van der Waals surface area contributed by atoms with E-state index in [2.05, 4.69) is 5.32 Å². The van der Waals surface area contributed by atoms with Crippen molar-refractivity contribution in [2.75, 3.05) is 6.54 Å². The first-order chi connectivity index (χ1) is 11.8. The average molecular weight is 349 g/mol. The van der Waals surface area contributed by atoms with E-state index in [-0.39, 0.29) is 18.2 Å². The number of rotatable bonds is 7. The third-order valence-corrected chi connectivity index (χ3v) is 3.57. The maximum absolute atomic E-state index is 12.9. The summed E-state index contributed by atoms with van der Waals surface area (Å²) in [5, 5.41) is 11.8. The number of ether oxygens (including phenoxy) is 1. The topological polar surface area (TPSA) is 88.8 Å². The average Bonchev–Trinajstić information content (AvgIpc) is 2.95. The lowest BCUT2D eigenvalue weighted by Crippen LogP contribution is -2.40. The molecule has 1 heterocycles. The van der Waals surface area contributed by atoms with Gasteiger partial charge in [-0.05, 0) is 37.3 Å². The number of benzene rings is 1. The summed E-state index contributed by atoms with van der Waals surface area (Å²) < 4.78 is 23.7. The van der Waals surface area contributed by atoms with E-state index in [1.54, 1.807) is 13.0 Å². The number of carboxylic acid groups (broad SMARTS) is 1. The Hall–Kier alpha value is -2.83. The summed E-state index contributed by atoms with van der Waals surface area (Å²) in [4.78, 5) is 23.6. The van der Waals surface area contributed by atoms with Crippen LogP contribution in [0.25, 0.3) is 0 Å². The third-order valence-electron chi connectivity index (χ3n) is 3.57. The molecule has 2 aromatic rings. The highest BCUT2D eigenvalue weighted by atomic mass is 19.1. The van der Waals surface area contributed by atoms with E-state index in [0.717, 1.165) is 12.1 Å². The Balaban J connectivity index is 2.02. The van der Waals surface area contributed by atoms with Gasteiger partial charge < -0.3 is 19.6 Å². The van der Waals surface area contributed by atoms with Gasteiger partial charge in [-0.25, -0.2) is 9.18 Å². The first-order valence-corrected chi connectivity index (χ1v) is 7.81. The Morgan fingerprint density at radius 2 is 1.92 bits per heavy atom. The van der Waals surface area contributed by atoms with Gasteiger partial charge in [-0.2, -0.15) is 0 Å². The molecular weight excluding hydrogens is 329 g/mol. The van der Waals surface area contributed by atoms with E-state index in [4.69, 9.17) is 9.15 Å². The van der Waals surface area contributed by atoms with Crippen LogP contribution in [0.2, 0.25) is 0 Å². The van der Waals surface area contributed by atoms with Crippen LogP contribution in [0, 0.1) is 12.7 Å². The first-order valence-electron chi connectivity index (χ1n) is 7.81. The van der Waals surface area contributed by atoms with E-state index in [9.17, 15) is 19.1 Å². The van der Waals surface area contributed by atoms with Gasteiger partial charge in [-0.1, -0.05) is 13.8 Å². The number of furan rings is 1. The number of hydrogen-bond donors (Lipinski definition) is 2. The van der Waals surface area contributed by atoms with Gasteiger partial charge in [-0.3, -0.25) is 4.79 Å². The highest BCUT2D eigenvalue weighted by Gasteiger charge is 2.22. The van der Waals surface area contributed by atoms with Crippen molar-refractivity contribution in [3.8, 4) is 5.75 Å². The maximum atomic E-state index is 12.9. The molecule has 0 aliphatic heterocycles. The van der Waals surface area contributed by atoms with Gasteiger partial charge in [-0.15, -0.1) is 0 Å². The molecule has 1 aromatic heterocycles. The molecule has 0 aliphatic rings.